The fraction of sp³-hybridized carbons (Fsp3) is 0.409. The molecule has 0 aliphatic carbocycles. The lowest BCUT2D eigenvalue weighted by atomic mass is 10.1. The van der Waals surface area contributed by atoms with Crippen LogP contribution in [-0.2, 0) is 14.8 Å². The number of nitrogens with zero attached hydrogens (tertiary/aromatic N) is 1. The Morgan fingerprint density at radius 2 is 1.57 bits per heavy atom. The Morgan fingerprint density at radius 3 is 2.11 bits per heavy atom. The summed E-state index contributed by atoms with van der Waals surface area (Å²) in [4.78, 5) is 12.8. The second kappa shape index (κ2) is 8.78. The molecule has 0 saturated heterocycles. The highest BCUT2D eigenvalue weighted by Gasteiger charge is 2.28. The summed E-state index contributed by atoms with van der Waals surface area (Å²) in [5.74, 6) is -0.0668. The lowest BCUT2D eigenvalue weighted by Crippen LogP contribution is -2.45. The molecular formula is C22H30N2O3S. The molecular weight excluding hydrogens is 372 g/mol. The van der Waals surface area contributed by atoms with E-state index in [1.165, 1.54) is 4.31 Å². The predicted octanol–water partition coefficient (Wildman–Crippen LogP) is 3.97. The average Bonchev–Trinajstić information content (AvgIpc) is 2.62. The van der Waals surface area contributed by atoms with Crippen LogP contribution >= 0.6 is 0 Å². The van der Waals surface area contributed by atoms with Crippen molar-refractivity contribution >= 4 is 21.6 Å². The number of hydrogen-bond acceptors (Lipinski definition) is 3. The van der Waals surface area contributed by atoms with Crippen molar-refractivity contribution in [3.05, 3.63) is 59.2 Å². The van der Waals surface area contributed by atoms with E-state index in [1.807, 2.05) is 47.6 Å². The van der Waals surface area contributed by atoms with Crippen molar-refractivity contribution in [2.24, 2.45) is 5.92 Å². The summed E-state index contributed by atoms with van der Waals surface area (Å²) >= 11 is 0. The van der Waals surface area contributed by atoms with Gasteiger partial charge in [-0.3, -0.25) is 9.10 Å². The molecule has 0 aromatic heterocycles. The third kappa shape index (κ3) is 5.13. The van der Waals surface area contributed by atoms with Gasteiger partial charge in [-0.2, -0.15) is 0 Å². The lowest BCUT2D eigenvalue weighted by Gasteiger charge is -2.26. The Labute approximate surface area is 168 Å². The van der Waals surface area contributed by atoms with Crippen LogP contribution in [0.25, 0.3) is 0 Å². The standard InChI is InChI=1S/C22H30N2O3S/c1-15(2)19(6)23-22(25)14-24(20-10-9-17(4)18(5)13-20)28(26,27)21-11-7-16(3)8-12-21/h7-13,15,19H,14H2,1-6H3,(H,23,25)/t19-/m0/s1. The zero-order valence-electron chi connectivity index (χ0n) is 17.5. The number of benzene rings is 2. The Kier molecular flexibility index (Phi) is 6.88. The zero-order valence-corrected chi connectivity index (χ0v) is 18.3. The molecule has 2 rings (SSSR count). The molecule has 152 valence electrons. The maximum absolute atomic E-state index is 13.3. The minimum Gasteiger partial charge on any atom is -0.352 e. The van der Waals surface area contributed by atoms with Gasteiger partial charge < -0.3 is 5.32 Å². The van der Waals surface area contributed by atoms with Crippen LogP contribution < -0.4 is 9.62 Å². The van der Waals surface area contributed by atoms with Gasteiger partial charge in [0.15, 0.2) is 0 Å². The van der Waals surface area contributed by atoms with E-state index >= 15 is 0 Å². The summed E-state index contributed by atoms with van der Waals surface area (Å²) in [6.45, 7) is 11.5. The average molecular weight is 403 g/mol. The summed E-state index contributed by atoms with van der Waals surface area (Å²) in [5.41, 5.74) is 3.49. The van der Waals surface area contributed by atoms with Crippen LogP contribution in [-0.4, -0.2) is 26.9 Å². The Morgan fingerprint density at radius 1 is 0.964 bits per heavy atom. The van der Waals surface area contributed by atoms with Crippen LogP contribution in [0.2, 0.25) is 0 Å². The first-order chi connectivity index (χ1) is 13.0. The molecule has 0 aliphatic rings. The third-order valence-electron chi connectivity index (χ3n) is 5.06. The normalized spacial score (nSPS) is 12.7. The first-order valence-corrected chi connectivity index (χ1v) is 10.9. The highest BCUT2D eigenvalue weighted by atomic mass is 32.2. The molecule has 1 atom stereocenters. The van der Waals surface area contributed by atoms with Gasteiger partial charge in [-0.05, 0) is 69.0 Å². The summed E-state index contributed by atoms with van der Waals surface area (Å²) in [6, 6.07) is 12.0. The van der Waals surface area contributed by atoms with E-state index in [0.29, 0.717) is 5.69 Å². The molecule has 0 spiro atoms. The number of amides is 1. The molecule has 0 saturated carbocycles. The number of hydrogen-bond donors (Lipinski definition) is 1. The molecule has 0 fully saturated rings. The van der Waals surface area contributed by atoms with Crippen LogP contribution in [0.15, 0.2) is 47.4 Å². The molecule has 0 bridgehead atoms. The van der Waals surface area contributed by atoms with E-state index in [0.717, 1.165) is 16.7 Å². The first-order valence-electron chi connectivity index (χ1n) is 9.48. The van der Waals surface area contributed by atoms with Crippen molar-refractivity contribution in [2.75, 3.05) is 10.8 Å². The van der Waals surface area contributed by atoms with Crippen molar-refractivity contribution in [1.82, 2.24) is 5.32 Å². The number of carbonyl (C=O) groups excluding carboxylic acids is 1. The summed E-state index contributed by atoms with van der Waals surface area (Å²) in [5, 5.41) is 2.89. The topological polar surface area (TPSA) is 66.5 Å². The number of aryl methyl sites for hydroxylation is 3. The number of nitrogens with one attached hydrogen (secondary N) is 1. The molecule has 1 N–H and O–H groups in total. The molecule has 0 unspecified atom stereocenters. The number of rotatable bonds is 7. The number of sulfonamides is 1. The summed E-state index contributed by atoms with van der Waals surface area (Å²) < 4.78 is 27.9. The number of anilines is 1. The monoisotopic (exact) mass is 402 g/mol. The quantitative estimate of drug-likeness (QED) is 0.762. The van der Waals surface area contributed by atoms with Crippen molar-refractivity contribution < 1.29 is 13.2 Å². The molecule has 6 heteroatoms. The van der Waals surface area contributed by atoms with Crippen LogP contribution in [0.4, 0.5) is 5.69 Å². The molecule has 0 heterocycles. The Bertz CT molecular complexity index is 935. The van der Waals surface area contributed by atoms with Gasteiger partial charge in [0.25, 0.3) is 10.0 Å². The molecule has 0 aliphatic heterocycles. The van der Waals surface area contributed by atoms with Crippen molar-refractivity contribution in [3.8, 4) is 0 Å². The van der Waals surface area contributed by atoms with E-state index in [9.17, 15) is 13.2 Å². The van der Waals surface area contributed by atoms with E-state index in [2.05, 4.69) is 5.32 Å². The molecule has 2 aromatic rings. The van der Waals surface area contributed by atoms with Gasteiger partial charge in [-0.15, -0.1) is 0 Å². The Hall–Kier alpha value is -2.34. The van der Waals surface area contributed by atoms with Gasteiger partial charge in [0.05, 0.1) is 10.6 Å². The molecule has 1 amide bonds. The van der Waals surface area contributed by atoms with E-state index in [4.69, 9.17) is 0 Å². The summed E-state index contributed by atoms with van der Waals surface area (Å²) in [6.07, 6.45) is 0. The van der Waals surface area contributed by atoms with Gasteiger partial charge in [0.2, 0.25) is 5.91 Å². The van der Waals surface area contributed by atoms with Crippen molar-refractivity contribution in [3.63, 3.8) is 0 Å². The van der Waals surface area contributed by atoms with Gasteiger partial charge >= 0.3 is 0 Å². The van der Waals surface area contributed by atoms with E-state index < -0.39 is 10.0 Å². The second-order valence-corrected chi connectivity index (χ2v) is 9.56. The van der Waals surface area contributed by atoms with Gasteiger partial charge in [-0.1, -0.05) is 37.6 Å². The minimum absolute atomic E-state index is 0.0452. The predicted molar refractivity (Wildman–Crippen MR) is 114 cm³/mol. The molecule has 2 aromatic carbocycles. The maximum atomic E-state index is 13.3. The largest absolute Gasteiger partial charge is 0.352 e. The first kappa shape index (κ1) is 22.0. The fourth-order valence-electron chi connectivity index (χ4n) is 2.63. The SMILES string of the molecule is Cc1ccc(S(=O)(=O)N(CC(=O)N[C@@H](C)C(C)C)c2ccc(C)c(C)c2)cc1. The van der Waals surface area contributed by atoms with Crippen LogP contribution in [0.1, 0.15) is 37.5 Å². The van der Waals surface area contributed by atoms with Crippen LogP contribution in [0.5, 0.6) is 0 Å². The van der Waals surface area contributed by atoms with E-state index in [-0.39, 0.29) is 29.3 Å². The Balaban J connectivity index is 2.44. The molecule has 28 heavy (non-hydrogen) atoms. The fourth-order valence-corrected chi connectivity index (χ4v) is 4.04. The van der Waals surface area contributed by atoms with E-state index in [1.54, 1.807) is 36.4 Å². The van der Waals surface area contributed by atoms with Gasteiger partial charge in [0, 0.05) is 6.04 Å². The van der Waals surface area contributed by atoms with Crippen LogP contribution in [0.3, 0.4) is 0 Å². The smallest absolute Gasteiger partial charge is 0.264 e. The van der Waals surface area contributed by atoms with Crippen molar-refractivity contribution in [1.29, 1.82) is 0 Å². The highest BCUT2D eigenvalue weighted by Crippen LogP contribution is 2.26. The maximum Gasteiger partial charge on any atom is 0.264 e. The van der Waals surface area contributed by atoms with Gasteiger partial charge in [0.1, 0.15) is 6.54 Å². The molecule has 0 radical (unpaired) electrons. The minimum atomic E-state index is -3.88. The second-order valence-electron chi connectivity index (χ2n) is 7.69. The van der Waals surface area contributed by atoms with Crippen LogP contribution in [0, 0.1) is 26.7 Å². The highest BCUT2D eigenvalue weighted by molar-refractivity contribution is 7.92. The third-order valence-corrected chi connectivity index (χ3v) is 6.85. The zero-order chi connectivity index (χ0) is 21.1. The lowest BCUT2D eigenvalue weighted by molar-refractivity contribution is -0.120. The summed E-state index contributed by atoms with van der Waals surface area (Å²) in [7, 11) is -3.88. The number of carbonyl (C=O) groups is 1. The molecule has 5 nitrogen and oxygen atoms in total. The van der Waals surface area contributed by atoms with Crippen molar-refractivity contribution in [2.45, 2.75) is 52.5 Å². The van der Waals surface area contributed by atoms with Gasteiger partial charge in [-0.25, -0.2) is 8.42 Å².